The third-order valence-corrected chi connectivity index (χ3v) is 3.60. The minimum absolute atomic E-state index is 0.133. The maximum atomic E-state index is 12.3. The summed E-state index contributed by atoms with van der Waals surface area (Å²) < 4.78 is 10.3. The highest BCUT2D eigenvalue weighted by atomic mass is 16.5. The van der Waals surface area contributed by atoms with E-state index in [0.717, 1.165) is 0 Å². The molecule has 3 rings (SSSR count). The Kier molecular flexibility index (Phi) is 3.25. The predicted octanol–water partition coefficient (Wildman–Crippen LogP) is 3.19. The highest BCUT2D eigenvalue weighted by Crippen LogP contribution is 2.35. The Hall–Kier alpha value is -2.95. The molecule has 1 heterocycles. The summed E-state index contributed by atoms with van der Waals surface area (Å²) in [5, 5.41) is 19.9. The lowest BCUT2D eigenvalue weighted by molar-refractivity contribution is 0.415. The van der Waals surface area contributed by atoms with Gasteiger partial charge < -0.3 is 19.4 Å². The van der Waals surface area contributed by atoms with Gasteiger partial charge in [-0.1, -0.05) is 12.1 Å². The molecule has 1 aromatic heterocycles. The van der Waals surface area contributed by atoms with Crippen molar-refractivity contribution >= 4 is 11.0 Å². The van der Waals surface area contributed by atoms with Gasteiger partial charge in [-0.05, 0) is 30.2 Å². The van der Waals surface area contributed by atoms with E-state index in [1.54, 1.807) is 38.3 Å². The van der Waals surface area contributed by atoms with Crippen molar-refractivity contribution in [1.29, 1.82) is 0 Å². The standard InChI is InChI=1S/C17H14O5/c1-9-15(10-3-5-12(21-2)6-4-10)17(20)22-14-8-11(18)7-13(19)16(9)14/h3-8,18-19H,1-2H3. The molecule has 0 saturated heterocycles. The molecule has 112 valence electrons. The highest BCUT2D eigenvalue weighted by molar-refractivity contribution is 5.92. The van der Waals surface area contributed by atoms with Crippen molar-refractivity contribution < 1.29 is 19.4 Å². The van der Waals surface area contributed by atoms with Gasteiger partial charge in [0, 0.05) is 12.1 Å². The third kappa shape index (κ3) is 2.16. The largest absolute Gasteiger partial charge is 0.508 e. The molecule has 0 aliphatic heterocycles. The van der Waals surface area contributed by atoms with E-state index >= 15 is 0 Å². The minimum Gasteiger partial charge on any atom is -0.508 e. The van der Waals surface area contributed by atoms with Crippen LogP contribution < -0.4 is 10.4 Å². The summed E-state index contributed by atoms with van der Waals surface area (Å²) in [5.41, 5.74) is 1.25. The van der Waals surface area contributed by atoms with Gasteiger partial charge in [-0.15, -0.1) is 0 Å². The van der Waals surface area contributed by atoms with Crippen molar-refractivity contribution in [2.45, 2.75) is 6.92 Å². The van der Waals surface area contributed by atoms with E-state index in [2.05, 4.69) is 0 Å². The average Bonchev–Trinajstić information content (AvgIpc) is 2.46. The van der Waals surface area contributed by atoms with Gasteiger partial charge in [0.1, 0.15) is 22.8 Å². The lowest BCUT2D eigenvalue weighted by atomic mass is 9.99. The molecule has 0 unspecified atom stereocenters. The van der Waals surface area contributed by atoms with Crippen LogP contribution in [0, 0.1) is 6.92 Å². The molecule has 0 aliphatic carbocycles. The van der Waals surface area contributed by atoms with Crippen LogP contribution in [0.5, 0.6) is 17.2 Å². The van der Waals surface area contributed by atoms with Crippen LogP contribution >= 0.6 is 0 Å². The van der Waals surface area contributed by atoms with Crippen molar-refractivity contribution in [2.75, 3.05) is 7.11 Å². The number of ether oxygens (including phenoxy) is 1. The average molecular weight is 298 g/mol. The molecule has 2 N–H and O–H groups in total. The molecule has 0 amide bonds. The molecule has 0 atom stereocenters. The Morgan fingerprint density at radius 3 is 2.41 bits per heavy atom. The lowest BCUT2D eigenvalue weighted by Gasteiger charge is -2.10. The number of fused-ring (bicyclic) bond motifs is 1. The lowest BCUT2D eigenvalue weighted by Crippen LogP contribution is -2.06. The van der Waals surface area contributed by atoms with Gasteiger partial charge in [0.2, 0.25) is 0 Å². The summed E-state index contributed by atoms with van der Waals surface area (Å²) in [6.07, 6.45) is 0. The van der Waals surface area contributed by atoms with E-state index in [9.17, 15) is 15.0 Å². The van der Waals surface area contributed by atoms with Crippen LogP contribution in [-0.4, -0.2) is 17.3 Å². The van der Waals surface area contributed by atoms with Gasteiger partial charge in [0.05, 0.1) is 18.1 Å². The number of phenolic OH excluding ortho intramolecular Hbond substituents is 2. The van der Waals surface area contributed by atoms with Gasteiger partial charge in [-0.3, -0.25) is 0 Å². The molecule has 0 bridgehead atoms. The zero-order chi connectivity index (χ0) is 15.9. The second-order valence-electron chi connectivity index (χ2n) is 4.96. The Bertz CT molecular complexity index is 907. The molecule has 22 heavy (non-hydrogen) atoms. The summed E-state index contributed by atoms with van der Waals surface area (Å²) >= 11 is 0. The summed E-state index contributed by atoms with van der Waals surface area (Å²) in [5.74, 6) is 0.384. The first-order valence-electron chi connectivity index (χ1n) is 6.65. The molecule has 5 heteroatoms. The molecule has 0 spiro atoms. The van der Waals surface area contributed by atoms with E-state index in [4.69, 9.17) is 9.15 Å². The second-order valence-corrected chi connectivity index (χ2v) is 4.96. The zero-order valence-electron chi connectivity index (χ0n) is 12.1. The van der Waals surface area contributed by atoms with Crippen LogP contribution in [0.25, 0.3) is 22.1 Å². The van der Waals surface area contributed by atoms with E-state index in [0.29, 0.717) is 27.8 Å². The summed E-state index contributed by atoms with van der Waals surface area (Å²) in [6.45, 7) is 1.73. The number of benzene rings is 2. The van der Waals surface area contributed by atoms with Gasteiger partial charge in [-0.2, -0.15) is 0 Å². The Morgan fingerprint density at radius 1 is 1.09 bits per heavy atom. The van der Waals surface area contributed by atoms with E-state index in [-0.39, 0.29) is 17.1 Å². The van der Waals surface area contributed by atoms with Crippen LogP contribution in [0.15, 0.2) is 45.6 Å². The topological polar surface area (TPSA) is 79.9 Å². The first-order valence-corrected chi connectivity index (χ1v) is 6.65. The highest BCUT2D eigenvalue weighted by Gasteiger charge is 2.16. The SMILES string of the molecule is COc1ccc(-c2c(C)c3c(O)cc(O)cc3oc2=O)cc1. The number of rotatable bonds is 2. The van der Waals surface area contributed by atoms with E-state index in [1.807, 2.05) is 0 Å². The Labute approximate surface area is 126 Å². The molecule has 0 radical (unpaired) electrons. The summed E-state index contributed by atoms with van der Waals surface area (Å²) in [6, 6.07) is 9.52. The molecule has 0 saturated carbocycles. The predicted molar refractivity (Wildman–Crippen MR) is 82.5 cm³/mol. The minimum atomic E-state index is -0.528. The molecular formula is C17H14O5. The van der Waals surface area contributed by atoms with E-state index < -0.39 is 5.63 Å². The van der Waals surface area contributed by atoms with Crippen LogP contribution in [0.1, 0.15) is 5.56 Å². The third-order valence-electron chi connectivity index (χ3n) is 3.60. The van der Waals surface area contributed by atoms with Crippen molar-refractivity contribution in [2.24, 2.45) is 0 Å². The van der Waals surface area contributed by atoms with Crippen molar-refractivity contribution in [3.05, 3.63) is 52.4 Å². The molecule has 2 aromatic carbocycles. The normalized spacial score (nSPS) is 10.8. The maximum Gasteiger partial charge on any atom is 0.344 e. The fourth-order valence-electron chi connectivity index (χ4n) is 2.57. The van der Waals surface area contributed by atoms with Gasteiger partial charge in [0.15, 0.2) is 0 Å². The van der Waals surface area contributed by atoms with E-state index in [1.165, 1.54) is 12.1 Å². The first kappa shape index (κ1) is 14.0. The fraction of sp³-hybridized carbons (Fsp3) is 0.118. The van der Waals surface area contributed by atoms with Crippen LogP contribution in [0.3, 0.4) is 0 Å². The molecule has 0 aliphatic rings. The number of aromatic hydroxyl groups is 2. The monoisotopic (exact) mass is 298 g/mol. The Morgan fingerprint density at radius 2 is 1.77 bits per heavy atom. The number of hydrogen-bond donors (Lipinski definition) is 2. The number of phenols is 2. The first-order chi connectivity index (χ1) is 10.5. The van der Waals surface area contributed by atoms with Crippen LogP contribution in [0.2, 0.25) is 0 Å². The molecule has 5 nitrogen and oxygen atoms in total. The van der Waals surface area contributed by atoms with Gasteiger partial charge in [-0.25, -0.2) is 4.79 Å². The van der Waals surface area contributed by atoms with Crippen LogP contribution in [-0.2, 0) is 0 Å². The zero-order valence-corrected chi connectivity index (χ0v) is 12.1. The van der Waals surface area contributed by atoms with Crippen molar-refractivity contribution in [3.63, 3.8) is 0 Å². The van der Waals surface area contributed by atoms with Gasteiger partial charge in [0.25, 0.3) is 0 Å². The summed E-state index contributed by atoms with van der Waals surface area (Å²) in [7, 11) is 1.56. The van der Waals surface area contributed by atoms with Gasteiger partial charge >= 0.3 is 5.63 Å². The number of aryl methyl sites for hydroxylation is 1. The molecule has 0 fully saturated rings. The molecule has 3 aromatic rings. The Balaban J connectivity index is 2.32. The number of hydrogen-bond acceptors (Lipinski definition) is 5. The second kappa shape index (κ2) is 5.11. The van der Waals surface area contributed by atoms with Crippen molar-refractivity contribution in [1.82, 2.24) is 0 Å². The fourth-order valence-corrected chi connectivity index (χ4v) is 2.57. The van der Waals surface area contributed by atoms with Crippen LogP contribution in [0.4, 0.5) is 0 Å². The smallest absolute Gasteiger partial charge is 0.344 e. The maximum absolute atomic E-state index is 12.3. The summed E-state index contributed by atoms with van der Waals surface area (Å²) in [4.78, 5) is 12.3. The molecular weight excluding hydrogens is 284 g/mol. The number of methoxy groups -OCH3 is 1. The quantitative estimate of drug-likeness (QED) is 0.710. The van der Waals surface area contributed by atoms with Crippen molar-refractivity contribution in [3.8, 4) is 28.4 Å².